The molecule has 0 aromatic heterocycles. The predicted molar refractivity (Wildman–Crippen MR) is 103 cm³/mol. The van der Waals surface area contributed by atoms with Gasteiger partial charge in [0.15, 0.2) is 5.96 Å². The van der Waals surface area contributed by atoms with Crippen LogP contribution in [0.2, 0.25) is 0 Å². The van der Waals surface area contributed by atoms with Crippen LogP contribution in [0.4, 0.5) is 4.79 Å². The number of guanidine groups is 1. The van der Waals surface area contributed by atoms with Crippen LogP contribution >= 0.6 is 0 Å². The van der Waals surface area contributed by atoms with Crippen LogP contribution in [0.15, 0.2) is 4.99 Å². The van der Waals surface area contributed by atoms with E-state index in [0.717, 1.165) is 25.6 Å². The lowest BCUT2D eigenvalue weighted by Crippen LogP contribution is -2.43. The topological polar surface area (TPSA) is 78.0 Å². The van der Waals surface area contributed by atoms with Crippen molar-refractivity contribution >= 4 is 12.1 Å². The molecule has 146 valence electrons. The maximum absolute atomic E-state index is 11.6. The smallest absolute Gasteiger partial charge is 0.407 e. The first-order valence-electron chi connectivity index (χ1n) is 9.55. The molecule has 1 atom stereocenters. The Morgan fingerprint density at radius 3 is 2.56 bits per heavy atom. The van der Waals surface area contributed by atoms with Gasteiger partial charge >= 0.3 is 6.09 Å². The highest BCUT2D eigenvalue weighted by Gasteiger charge is 2.17. The summed E-state index contributed by atoms with van der Waals surface area (Å²) in [6.07, 6.45) is 3.53. The maximum Gasteiger partial charge on any atom is 0.407 e. The van der Waals surface area contributed by atoms with Gasteiger partial charge in [0.05, 0.1) is 6.54 Å². The van der Waals surface area contributed by atoms with Gasteiger partial charge in [0.1, 0.15) is 5.60 Å². The van der Waals surface area contributed by atoms with E-state index in [9.17, 15) is 4.79 Å². The number of alkyl carbamates (subject to hydrolysis) is 1. The molecular formula is C18H37N5O2. The van der Waals surface area contributed by atoms with Crippen LogP contribution in [0.3, 0.4) is 0 Å². The second-order valence-electron chi connectivity index (χ2n) is 7.50. The number of likely N-dealkylation sites (tertiary alicyclic amines) is 1. The standard InChI is InChI=1S/C18H37N5O2/c1-6-19-16(20-10-11-22-17(24)25-18(3,4)5)21-12-14-23-13-8-7-9-15(23)2/h15H,6-14H2,1-5H3,(H,22,24)(H2,19,20,21). The Labute approximate surface area is 153 Å². The van der Waals surface area contributed by atoms with E-state index in [1.54, 1.807) is 0 Å². The van der Waals surface area contributed by atoms with Crippen molar-refractivity contribution in [2.45, 2.75) is 65.5 Å². The van der Waals surface area contributed by atoms with Crippen LogP contribution in [0, 0.1) is 0 Å². The zero-order chi connectivity index (χ0) is 18.7. The summed E-state index contributed by atoms with van der Waals surface area (Å²) in [4.78, 5) is 18.7. The van der Waals surface area contributed by atoms with E-state index in [2.05, 4.69) is 32.8 Å². The fraction of sp³-hybridized carbons (Fsp3) is 0.889. The highest BCUT2D eigenvalue weighted by molar-refractivity contribution is 5.79. The minimum Gasteiger partial charge on any atom is -0.444 e. The minimum absolute atomic E-state index is 0.393. The third-order valence-electron chi connectivity index (χ3n) is 4.03. The molecule has 7 heteroatoms. The van der Waals surface area contributed by atoms with Crippen LogP contribution in [0.1, 0.15) is 53.9 Å². The van der Waals surface area contributed by atoms with Crippen molar-refractivity contribution in [1.29, 1.82) is 0 Å². The van der Waals surface area contributed by atoms with Crippen LogP contribution in [-0.2, 0) is 4.74 Å². The molecule has 0 spiro atoms. The molecular weight excluding hydrogens is 318 g/mol. The Hall–Kier alpha value is -1.50. The lowest BCUT2D eigenvalue weighted by Gasteiger charge is -2.32. The Bertz CT molecular complexity index is 420. The monoisotopic (exact) mass is 355 g/mol. The maximum atomic E-state index is 11.6. The SMILES string of the molecule is CCNC(=NCCN1CCCCC1C)NCCNC(=O)OC(C)(C)C. The molecule has 3 N–H and O–H groups in total. The number of hydrogen-bond acceptors (Lipinski definition) is 4. The summed E-state index contributed by atoms with van der Waals surface area (Å²) in [5.74, 6) is 0.790. The average molecular weight is 356 g/mol. The van der Waals surface area contributed by atoms with Crippen LogP contribution in [0.5, 0.6) is 0 Å². The molecule has 1 aliphatic heterocycles. The molecule has 0 aromatic carbocycles. The number of amides is 1. The fourth-order valence-electron chi connectivity index (χ4n) is 2.78. The molecule has 25 heavy (non-hydrogen) atoms. The zero-order valence-electron chi connectivity index (χ0n) is 16.7. The van der Waals surface area contributed by atoms with E-state index in [1.165, 1.54) is 25.8 Å². The number of nitrogens with one attached hydrogen (secondary N) is 3. The van der Waals surface area contributed by atoms with E-state index in [1.807, 2.05) is 27.7 Å². The van der Waals surface area contributed by atoms with E-state index < -0.39 is 11.7 Å². The molecule has 1 rings (SSSR count). The Morgan fingerprint density at radius 2 is 1.92 bits per heavy atom. The van der Waals surface area contributed by atoms with Gasteiger partial charge in [0.2, 0.25) is 0 Å². The molecule has 0 radical (unpaired) electrons. The molecule has 7 nitrogen and oxygen atoms in total. The van der Waals surface area contributed by atoms with Crippen molar-refractivity contribution in [3.63, 3.8) is 0 Å². The lowest BCUT2D eigenvalue weighted by molar-refractivity contribution is 0.0529. The van der Waals surface area contributed by atoms with Gasteiger partial charge in [-0.15, -0.1) is 0 Å². The Balaban J connectivity index is 2.27. The minimum atomic E-state index is -0.473. The van der Waals surface area contributed by atoms with Crippen molar-refractivity contribution in [3.8, 4) is 0 Å². The number of carbonyl (C=O) groups excluding carboxylic acids is 1. The lowest BCUT2D eigenvalue weighted by atomic mass is 10.0. The van der Waals surface area contributed by atoms with Crippen molar-refractivity contribution in [2.75, 3.05) is 39.3 Å². The zero-order valence-corrected chi connectivity index (χ0v) is 16.7. The highest BCUT2D eigenvalue weighted by atomic mass is 16.6. The summed E-state index contributed by atoms with van der Waals surface area (Å²) >= 11 is 0. The van der Waals surface area contributed by atoms with Crippen LogP contribution in [0.25, 0.3) is 0 Å². The second-order valence-corrected chi connectivity index (χ2v) is 7.50. The number of ether oxygens (including phenoxy) is 1. The van der Waals surface area contributed by atoms with Gasteiger partial charge in [-0.05, 0) is 54.0 Å². The van der Waals surface area contributed by atoms with Gasteiger partial charge in [0.25, 0.3) is 0 Å². The molecule has 1 heterocycles. The molecule has 0 saturated carbocycles. The fourth-order valence-corrected chi connectivity index (χ4v) is 2.78. The van der Waals surface area contributed by atoms with E-state index in [4.69, 9.17) is 4.74 Å². The first-order valence-corrected chi connectivity index (χ1v) is 9.55. The highest BCUT2D eigenvalue weighted by Crippen LogP contribution is 2.15. The summed E-state index contributed by atoms with van der Waals surface area (Å²) in [5.41, 5.74) is -0.473. The Kier molecular flexibility index (Phi) is 9.63. The molecule has 1 unspecified atom stereocenters. The molecule has 1 fully saturated rings. The molecule has 0 aromatic rings. The van der Waals surface area contributed by atoms with Gasteiger partial charge in [0, 0.05) is 32.2 Å². The van der Waals surface area contributed by atoms with Crippen molar-refractivity contribution in [1.82, 2.24) is 20.9 Å². The molecule has 0 aliphatic carbocycles. The molecule has 1 aliphatic rings. The third-order valence-corrected chi connectivity index (χ3v) is 4.03. The van der Waals surface area contributed by atoms with Crippen LogP contribution < -0.4 is 16.0 Å². The van der Waals surface area contributed by atoms with Crippen molar-refractivity contribution in [2.24, 2.45) is 4.99 Å². The normalized spacial score (nSPS) is 19.4. The molecule has 1 amide bonds. The van der Waals surface area contributed by atoms with Crippen molar-refractivity contribution < 1.29 is 9.53 Å². The molecule has 0 bridgehead atoms. The van der Waals surface area contributed by atoms with Gasteiger partial charge in [-0.25, -0.2) is 4.79 Å². The predicted octanol–water partition coefficient (Wildman–Crippen LogP) is 1.94. The van der Waals surface area contributed by atoms with Gasteiger partial charge < -0.3 is 20.7 Å². The number of nitrogens with zero attached hydrogens (tertiary/aromatic N) is 2. The number of carbonyl (C=O) groups is 1. The van der Waals surface area contributed by atoms with Gasteiger partial charge in [-0.3, -0.25) is 9.89 Å². The summed E-state index contributed by atoms with van der Waals surface area (Å²) in [6, 6.07) is 0.664. The van der Waals surface area contributed by atoms with Gasteiger partial charge in [-0.2, -0.15) is 0 Å². The van der Waals surface area contributed by atoms with E-state index in [-0.39, 0.29) is 0 Å². The summed E-state index contributed by atoms with van der Waals surface area (Å²) in [6.45, 7) is 14.8. The molecule has 1 saturated heterocycles. The first kappa shape index (κ1) is 21.5. The average Bonchev–Trinajstić information content (AvgIpc) is 2.51. The summed E-state index contributed by atoms with van der Waals surface area (Å²) in [7, 11) is 0. The largest absolute Gasteiger partial charge is 0.444 e. The summed E-state index contributed by atoms with van der Waals surface area (Å²) in [5, 5.41) is 9.21. The second kappa shape index (κ2) is 11.2. The van der Waals surface area contributed by atoms with Crippen LogP contribution in [-0.4, -0.2) is 67.9 Å². The van der Waals surface area contributed by atoms with E-state index in [0.29, 0.717) is 19.1 Å². The van der Waals surface area contributed by atoms with E-state index >= 15 is 0 Å². The number of hydrogen-bond donors (Lipinski definition) is 3. The van der Waals surface area contributed by atoms with Gasteiger partial charge in [-0.1, -0.05) is 6.42 Å². The third kappa shape index (κ3) is 10.2. The quantitative estimate of drug-likeness (QED) is 0.370. The number of rotatable bonds is 7. The van der Waals surface area contributed by atoms with Crippen molar-refractivity contribution in [3.05, 3.63) is 0 Å². The first-order chi connectivity index (χ1) is 11.8. The number of aliphatic imine (C=N–C) groups is 1. The Morgan fingerprint density at radius 1 is 1.20 bits per heavy atom. The summed E-state index contributed by atoms with van der Waals surface area (Å²) < 4.78 is 5.21. The number of piperidine rings is 1.